The van der Waals surface area contributed by atoms with Crippen molar-refractivity contribution in [3.63, 3.8) is 0 Å². The van der Waals surface area contributed by atoms with Crippen LogP contribution in [0.1, 0.15) is 41.9 Å². The monoisotopic (exact) mass is 582 g/mol. The van der Waals surface area contributed by atoms with Crippen LogP contribution in [0.15, 0.2) is 28.7 Å². The van der Waals surface area contributed by atoms with Gasteiger partial charge < -0.3 is 19.9 Å². The number of alkyl halides is 2. The van der Waals surface area contributed by atoms with Crippen molar-refractivity contribution in [2.24, 2.45) is 4.99 Å². The Balaban J connectivity index is 0.000000277. The fourth-order valence-corrected chi connectivity index (χ4v) is 5.05. The van der Waals surface area contributed by atoms with E-state index in [1.807, 2.05) is 44.5 Å². The average Bonchev–Trinajstić information content (AvgIpc) is 3.21. The summed E-state index contributed by atoms with van der Waals surface area (Å²) in [5.74, 6) is 1.60. The number of pyridine rings is 1. The van der Waals surface area contributed by atoms with Crippen LogP contribution in [0.2, 0.25) is 0 Å². The van der Waals surface area contributed by atoms with E-state index in [9.17, 15) is 18.4 Å². The largest absolute Gasteiger partial charge is 0.444 e. The van der Waals surface area contributed by atoms with E-state index in [1.54, 1.807) is 43.9 Å². The lowest BCUT2D eigenvalue weighted by Gasteiger charge is -2.39. The zero-order valence-corrected chi connectivity index (χ0v) is 24.7. The third-order valence-electron chi connectivity index (χ3n) is 5.29. The molecule has 2 aromatic heterocycles. The normalized spacial score (nSPS) is 15.9. The second-order valence-electron chi connectivity index (χ2n) is 9.69. The molecule has 9 nitrogen and oxygen atoms in total. The molecule has 2 amide bonds. The Hall–Kier alpha value is -3.06. The molecule has 1 unspecified atom stereocenters. The van der Waals surface area contributed by atoms with E-state index in [4.69, 9.17) is 4.74 Å². The minimum absolute atomic E-state index is 0.0950. The fraction of sp³-hybridized carbons (Fsp3) is 0.500. The molecule has 1 aliphatic rings. The Labute approximate surface area is 236 Å². The number of aromatic nitrogens is 2. The minimum atomic E-state index is -2.68. The van der Waals surface area contributed by atoms with Crippen LogP contribution < -0.4 is 5.32 Å². The summed E-state index contributed by atoms with van der Waals surface area (Å²) in [4.78, 5) is 38.5. The number of hydrogen-bond acceptors (Lipinski definition) is 9. The molecule has 0 bridgehead atoms. The number of aliphatic imine (C=N–C) groups is 1. The third kappa shape index (κ3) is 10.6. The molecule has 0 radical (unpaired) electrons. The Morgan fingerprint density at radius 2 is 2.05 bits per heavy atom. The molecule has 3 heterocycles. The average molecular weight is 583 g/mol. The molecule has 0 spiro atoms. The molecular weight excluding hydrogens is 546 g/mol. The number of rotatable bonds is 8. The van der Waals surface area contributed by atoms with E-state index in [2.05, 4.69) is 27.0 Å². The standard InChI is InChI=1S/C15H18N4S2.C11H18F2N2O3/c1-10-5-6-14(17-7-10)18-9-20-8-13(16-4)15-11(2)19-12(3)21-15;1-11(2,3)18-10(17)14-4-5-15(7-16)8(6-14)9(12)13/h5-8H,4,9H2,1-3H3,(H,17,18);7-9H,4-6H2,1-3H3/b13-8-;. The Morgan fingerprint density at radius 3 is 2.56 bits per heavy atom. The first-order chi connectivity index (χ1) is 18.3. The van der Waals surface area contributed by atoms with Gasteiger partial charge in [0.1, 0.15) is 17.5 Å². The molecule has 2 aromatic rings. The van der Waals surface area contributed by atoms with Gasteiger partial charge in [-0.25, -0.2) is 23.5 Å². The minimum Gasteiger partial charge on any atom is -0.444 e. The SMILES string of the molecule is C=N/C(=C\SCNc1ccc(C)cn1)c1sc(C)nc1C.CC(C)(C)OC(=O)N1CCN(C=O)C(C(F)F)C1. The number of amides is 2. The van der Waals surface area contributed by atoms with Gasteiger partial charge in [0.05, 0.1) is 33.7 Å². The third-order valence-corrected chi connectivity index (χ3v) is 7.09. The van der Waals surface area contributed by atoms with E-state index < -0.39 is 24.2 Å². The summed E-state index contributed by atoms with van der Waals surface area (Å²) in [5.41, 5.74) is 2.37. The van der Waals surface area contributed by atoms with E-state index in [1.165, 1.54) is 4.90 Å². The van der Waals surface area contributed by atoms with E-state index in [-0.39, 0.29) is 19.6 Å². The van der Waals surface area contributed by atoms with Crippen molar-refractivity contribution in [1.82, 2.24) is 19.8 Å². The van der Waals surface area contributed by atoms with E-state index >= 15 is 0 Å². The zero-order valence-electron chi connectivity index (χ0n) is 23.1. The van der Waals surface area contributed by atoms with Gasteiger partial charge in [0, 0.05) is 19.3 Å². The van der Waals surface area contributed by atoms with Gasteiger partial charge in [-0.15, -0.1) is 23.1 Å². The van der Waals surface area contributed by atoms with Gasteiger partial charge in [-0.2, -0.15) is 0 Å². The highest BCUT2D eigenvalue weighted by molar-refractivity contribution is 8.02. The lowest BCUT2D eigenvalue weighted by Crippen LogP contribution is -2.57. The first-order valence-electron chi connectivity index (χ1n) is 12.2. The van der Waals surface area contributed by atoms with Gasteiger partial charge in [-0.1, -0.05) is 6.07 Å². The first kappa shape index (κ1) is 32.2. The fourth-order valence-electron chi connectivity index (χ4n) is 3.41. The Kier molecular flexibility index (Phi) is 12.3. The highest BCUT2D eigenvalue weighted by Crippen LogP contribution is 2.28. The van der Waals surface area contributed by atoms with Crippen LogP contribution in [0.3, 0.4) is 0 Å². The van der Waals surface area contributed by atoms with Crippen molar-refractivity contribution >= 4 is 53.8 Å². The summed E-state index contributed by atoms with van der Waals surface area (Å²) >= 11 is 3.27. The number of halogens is 2. The molecule has 1 N–H and O–H groups in total. The van der Waals surface area contributed by atoms with Crippen LogP contribution >= 0.6 is 23.1 Å². The quantitative estimate of drug-likeness (QED) is 0.187. The van der Waals surface area contributed by atoms with Crippen LogP contribution in [-0.4, -0.2) is 82.6 Å². The summed E-state index contributed by atoms with van der Waals surface area (Å²) < 4.78 is 30.6. The highest BCUT2D eigenvalue weighted by Gasteiger charge is 2.36. The molecular formula is C26H36F2N6O3S2. The number of nitrogens with zero attached hydrogens (tertiary/aromatic N) is 5. The number of piperazine rings is 1. The summed E-state index contributed by atoms with van der Waals surface area (Å²) in [7, 11) is 0. The number of carbonyl (C=O) groups excluding carboxylic acids is 2. The molecule has 39 heavy (non-hydrogen) atoms. The number of hydrogen-bond donors (Lipinski definition) is 1. The summed E-state index contributed by atoms with van der Waals surface area (Å²) in [6, 6.07) is 2.75. The maximum atomic E-state index is 12.8. The molecule has 1 fully saturated rings. The topological polar surface area (TPSA) is 100 Å². The van der Waals surface area contributed by atoms with Crippen molar-refractivity contribution in [2.75, 3.05) is 30.8 Å². The smallest absolute Gasteiger partial charge is 0.410 e. The van der Waals surface area contributed by atoms with Gasteiger partial charge in [0.25, 0.3) is 6.43 Å². The van der Waals surface area contributed by atoms with Gasteiger partial charge in [0.2, 0.25) is 6.41 Å². The van der Waals surface area contributed by atoms with Gasteiger partial charge >= 0.3 is 6.09 Å². The number of ether oxygens (including phenoxy) is 1. The number of thioether (sulfide) groups is 1. The van der Waals surface area contributed by atoms with Gasteiger partial charge in [0.15, 0.2) is 0 Å². The number of nitrogens with one attached hydrogen (secondary N) is 1. The van der Waals surface area contributed by atoms with Gasteiger partial charge in [-0.05, 0) is 65.3 Å². The van der Waals surface area contributed by atoms with Crippen molar-refractivity contribution in [3.8, 4) is 0 Å². The molecule has 3 rings (SSSR count). The highest BCUT2D eigenvalue weighted by atomic mass is 32.2. The van der Waals surface area contributed by atoms with Crippen molar-refractivity contribution in [2.45, 2.75) is 59.6 Å². The maximum Gasteiger partial charge on any atom is 0.410 e. The second kappa shape index (κ2) is 14.9. The van der Waals surface area contributed by atoms with Crippen LogP contribution in [-0.2, 0) is 9.53 Å². The molecule has 0 saturated carbocycles. The predicted octanol–water partition coefficient (Wildman–Crippen LogP) is 5.59. The molecule has 214 valence electrons. The number of anilines is 1. The second-order valence-corrected chi connectivity index (χ2v) is 11.7. The van der Waals surface area contributed by atoms with E-state index in [0.717, 1.165) is 43.4 Å². The van der Waals surface area contributed by atoms with Crippen molar-refractivity contribution in [1.29, 1.82) is 0 Å². The number of aryl methyl sites for hydroxylation is 3. The molecule has 13 heteroatoms. The van der Waals surface area contributed by atoms with Gasteiger partial charge in [-0.3, -0.25) is 9.79 Å². The zero-order chi connectivity index (χ0) is 29.2. The number of carbonyl (C=O) groups is 2. The molecule has 0 aromatic carbocycles. The summed E-state index contributed by atoms with van der Waals surface area (Å²) in [6.45, 7) is 14.9. The molecule has 1 saturated heterocycles. The summed E-state index contributed by atoms with van der Waals surface area (Å²) in [6.07, 6.45) is -1.06. The van der Waals surface area contributed by atoms with Crippen LogP contribution in [0.25, 0.3) is 5.70 Å². The molecule has 1 atom stereocenters. The summed E-state index contributed by atoms with van der Waals surface area (Å²) in [5, 5.41) is 6.31. The maximum absolute atomic E-state index is 12.8. The lowest BCUT2D eigenvalue weighted by atomic mass is 10.2. The molecule has 0 aliphatic carbocycles. The van der Waals surface area contributed by atoms with Crippen molar-refractivity contribution in [3.05, 3.63) is 44.9 Å². The predicted molar refractivity (Wildman–Crippen MR) is 155 cm³/mol. The van der Waals surface area contributed by atoms with Crippen molar-refractivity contribution < 1.29 is 23.1 Å². The lowest BCUT2D eigenvalue weighted by molar-refractivity contribution is -0.127. The number of thiazole rings is 1. The first-order valence-corrected chi connectivity index (χ1v) is 14.1. The van der Waals surface area contributed by atoms with Crippen LogP contribution in [0, 0.1) is 20.8 Å². The molecule has 1 aliphatic heterocycles. The Bertz CT molecular complexity index is 1140. The van der Waals surface area contributed by atoms with Crippen LogP contribution in [0.5, 0.6) is 0 Å². The van der Waals surface area contributed by atoms with Crippen LogP contribution in [0.4, 0.5) is 19.4 Å². The van der Waals surface area contributed by atoms with E-state index in [0.29, 0.717) is 6.41 Å². The Morgan fingerprint density at radius 1 is 1.33 bits per heavy atom.